The fraction of sp³-hybridized carbons (Fsp3) is 0.103. The number of benzene rings is 9. The molecule has 1 N–H and O–H groups in total. The van der Waals surface area contributed by atoms with Crippen molar-refractivity contribution in [2.45, 2.75) is 38.5 Å². The standard InChI is InChI=1S/C58H43BN2/c1-57(2)46-23-12-10-19-39(46)43-31-37(26-27-48(43)57)61-52-32-44-40-20-11-13-24-47(40)58(3,4)49(44)33-50(52)59-55-45(29-36(30-53(55)61)34-15-6-5-7-16-34)41-21-14-22-42-54-38-18-9-8-17-35(38)25-28-51(54)60-56(41)42/h5-33,59-60H,1-4H3. The molecular weight excluding hydrogens is 735 g/mol. The number of rotatable bonds is 3. The van der Waals surface area contributed by atoms with E-state index in [0.29, 0.717) is 0 Å². The third-order valence-electron chi connectivity index (χ3n) is 14.6. The maximum absolute atomic E-state index is 3.95. The van der Waals surface area contributed by atoms with Crippen LogP contribution < -0.4 is 15.8 Å². The number of para-hydroxylation sites is 1. The molecule has 1 aromatic heterocycles. The van der Waals surface area contributed by atoms with E-state index in [-0.39, 0.29) is 10.8 Å². The number of nitrogens with one attached hydrogen (secondary N) is 1. The number of aromatic nitrogens is 1. The van der Waals surface area contributed by atoms with Crippen molar-refractivity contribution in [1.29, 1.82) is 0 Å². The van der Waals surface area contributed by atoms with E-state index in [2.05, 4.69) is 214 Å². The van der Waals surface area contributed by atoms with Gasteiger partial charge in [-0.15, -0.1) is 0 Å². The largest absolute Gasteiger partial charge is 0.354 e. The summed E-state index contributed by atoms with van der Waals surface area (Å²) in [7, 11) is 0.825. The Balaban J connectivity index is 1.12. The molecule has 3 heteroatoms. The van der Waals surface area contributed by atoms with Gasteiger partial charge in [-0.25, -0.2) is 0 Å². The highest BCUT2D eigenvalue weighted by Crippen LogP contribution is 2.53. The molecule has 2 nitrogen and oxygen atoms in total. The monoisotopic (exact) mass is 778 g/mol. The minimum Gasteiger partial charge on any atom is -0.354 e. The van der Waals surface area contributed by atoms with Gasteiger partial charge in [-0.3, -0.25) is 0 Å². The number of fused-ring (bicyclic) bond motifs is 13. The summed E-state index contributed by atoms with van der Waals surface area (Å²) in [6, 6.07) is 66.4. The lowest BCUT2D eigenvalue weighted by Crippen LogP contribution is -2.41. The van der Waals surface area contributed by atoms with E-state index < -0.39 is 0 Å². The molecule has 1 aliphatic heterocycles. The average Bonchev–Trinajstić information content (AvgIpc) is 3.87. The first-order valence-corrected chi connectivity index (χ1v) is 21.7. The molecule has 0 radical (unpaired) electrons. The summed E-state index contributed by atoms with van der Waals surface area (Å²) in [6.45, 7) is 9.54. The van der Waals surface area contributed by atoms with Gasteiger partial charge in [0, 0.05) is 49.7 Å². The van der Waals surface area contributed by atoms with Crippen molar-refractivity contribution in [1.82, 2.24) is 4.98 Å². The van der Waals surface area contributed by atoms with Crippen LogP contribution >= 0.6 is 0 Å². The molecule has 0 spiro atoms. The van der Waals surface area contributed by atoms with E-state index >= 15 is 0 Å². The first-order valence-electron chi connectivity index (χ1n) is 21.7. The average molecular weight is 779 g/mol. The molecule has 3 aliphatic rings. The SMILES string of the molecule is CC1(C)c2ccccc2-c2cc(N3c4cc5c(cc4Bc4c(-c6cccc7c6[nH]c6ccc8ccccc8c67)cc(-c6ccccc6)cc43)C(C)(C)c3ccccc3-5)ccc21. The molecule has 9 aromatic carbocycles. The zero-order valence-electron chi connectivity index (χ0n) is 34.9. The number of nitrogens with zero attached hydrogens (tertiary/aromatic N) is 1. The molecule has 2 heterocycles. The number of H-pyrrole nitrogens is 1. The van der Waals surface area contributed by atoms with E-state index in [1.807, 2.05) is 0 Å². The van der Waals surface area contributed by atoms with E-state index in [4.69, 9.17) is 0 Å². The lowest BCUT2D eigenvalue weighted by Gasteiger charge is -2.37. The van der Waals surface area contributed by atoms with Crippen LogP contribution in [-0.2, 0) is 10.8 Å². The fourth-order valence-corrected chi connectivity index (χ4v) is 11.6. The first kappa shape index (κ1) is 34.7. The van der Waals surface area contributed by atoms with Crippen molar-refractivity contribution < 1.29 is 0 Å². The smallest absolute Gasteiger partial charge is 0.198 e. The summed E-state index contributed by atoms with van der Waals surface area (Å²) < 4.78 is 0. The Labute approximate surface area is 357 Å². The molecular formula is C58H43BN2. The van der Waals surface area contributed by atoms with Gasteiger partial charge in [0.15, 0.2) is 7.28 Å². The molecule has 10 aromatic rings. The molecule has 13 rings (SSSR count). The molecule has 61 heavy (non-hydrogen) atoms. The highest BCUT2D eigenvalue weighted by atomic mass is 15.1. The van der Waals surface area contributed by atoms with E-state index in [0.717, 1.165) is 7.28 Å². The predicted octanol–water partition coefficient (Wildman–Crippen LogP) is 13.6. The summed E-state index contributed by atoms with van der Waals surface area (Å²) in [5.74, 6) is 0. The fourth-order valence-electron chi connectivity index (χ4n) is 11.6. The van der Waals surface area contributed by atoms with Gasteiger partial charge in [0.2, 0.25) is 0 Å². The molecule has 0 saturated heterocycles. The summed E-state index contributed by atoms with van der Waals surface area (Å²) in [5, 5.41) is 5.08. The van der Waals surface area contributed by atoms with Crippen LogP contribution in [0.25, 0.3) is 77.1 Å². The quantitative estimate of drug-likeness (QED) is 0.177. The molecule has 0 unspecified atom stereocenters. The van der Waals surface area contributed by atoms with Gasteiger partial charge in [-0.2, -0.15) is 0 Å². The van der Waals surface area contributed by atoms with Gasteiger partial charge in [0.1, 0.15) is 0 Å². The van der Waals surface area contributed by atoms with Gasteiger partial charge in [-0.05, 0) is 114 Å². The van der Waals surface area contributed by atoms with Gasteiger partial charge in [0.05, 0.1) is 5.52 Å². The van der Waals surface area contributed by atoms with Crippen LogP contribution in [0, 0.1) is 0 Å². The zero-order chi connectivity index (χ0) is 40.8. The second-order valence-electron chi connectivity index (χ2n) is 18.6. The van der Waals surface area contributed by atoms with Crippen LogP contribution in [-0.4, -0.2) is 12.3 Å². The maximum Gasteiger partial charge on any atom is 0.198 e. The van der Waals surface area contributed by atoms with Crippen molar-refractivity contribution in [2.75, 3.05) is 4.90 Å². The number of hydrogen-bond donors (Lipinski definition) is 1. The number of anilines is 3. The van der Waals surface area contributed by atoms with Crippen molar-refractivity contribution >= 4 is 67.8 Å². The normalized spacial score (nSPS) is 14.9. The molecule has 0 atom stereocenters. The van der Waals surface area contributed by atoms with E-state index in [1.54, 1.807) is 0 Å². The Morgan fingerprint density at radius 2 is 1.10 bits per heavy atom. The van der Waals surface area contributed by atoms with Crippen LogP contribution in [0.4, 0.5) is 17.1 Å². The van der Waals surface area contributed by atoms with Crippen molar-refractivity contribution in [3.63, 3.8) is 0 Å². The van der Waals surface area contributed by atoms with Crippen LogP contribution in [0.1, 0.15) is 49.9 Å². The highest BCUT2D eigenvalue weighted by molar-refractivity contribution is 6.73. The van der Waals surface area contributed by atoms with Crippen LogP contribution in [0.3, 0.4) is 0 Å². The number of aromatic amines is 1. The molecule has 0 bridgehead atoms. The second-order valence-corrected chi connectivity index (χ2v) is 18.6. The Kier molecular flexibility index (Phi) is 6.97. The van der Waals surface area contributed by atoms with Crippen LogP contribution in [0.15, 0.2) is 176 Å². The van der Waals surface area contributed by atoms with Gasteiger partial charge in [0.25, 0.3) is 0 Å². The lowest BCUT2D eigenvalue weighted by molar-refractivity contribution is 0.660. The van der Waals surface area contributed by atoms with Gasteiger partial charge in [-0.1, -0.05) is 173 Å². The van der Waals surface area contributed by atoms with Crippen molar-refractivity contribution in [3.8, 4) is 44.5 Å². The Hall–Kier alpha value is -7.10. The van der Waals surface area contributed by atoms with E-state index in [1.165, 1.54) is 127 Å². The molecule has 288 valence electrons. The van der Waals surface area contributed by atoms with Gasteiger partial charge < -0.3 is 9.88 Å². The maximum atomic E-state index is 3.95. The first-order chi connectivity index (χ1) is 29.8. The third kappa shape index (κ3) is 4.75. The Bertz CT molecular complexity index is 3510. The Morgan fingerprint density at radius 1 is 0.443 bits per heavy atom. The lowest BCUT2D eigenvalue weighted by atomic mass is 9.57. The summed E-state index contributed by atoms with van der Waals surface area (Å²) in [6.07, 6.45) is 0. The van der Waals surface area contributed by atoms with Crippen molar-refractivity contribution in [2.24, 2.45) is 0 Å². The molecule has 0 fully saturated rings. The predicted molar refractivity (Wildman–Crippen MR) is 260 cm³/mol. The highest BCUT2D eigenvalue weighted by Gasteiger charge is 2.40. The van der Waals surface area contributed by atoms with Crippen LogP contribution in [0.2, 0.25) is 0 Å². The molecule has 2 aliphatic carbocycles. The third-order valence-corrected chi connectivity index (χ3v) is 14.6. The number of hydrogen-bond acceptors (Lipinski definition) is 1. The molecule has 0 saturated carbocycles. The molecule has 0 amide bonds. The minimum absolute atomic E-state index is 0.0739. The van der Waals surface area contributed by atoms with Crippen molar-refractivity contribution in [3.05, 3.63) is 198 Å². The summed E-state index contributed by atoms with van der Waals surface area (Å²) in [4.78, 5) is 6.55. The van der Waals surface area contributed by atoms with Crippen LogP contribution in [0.5, 0.6) is 0 Å². The second kappa shape index (κ2) is 12.2. The topological polar surface area (TPSA) is 19.0 Å². The summed E-state index contributed by atoms with van der Waals surface area (Å²) in [5.41, 5.74) is 24.4. The minimum atomic E-state index is -0.104. The summed E-state index contributed by atoms with van der Waals surface area (Å²) >= 11 is 0. The Morgan fingerprint density at radius 3 is 1.90 bits per heavy atom. The van der Waals surface area contributed by atoms with E-state index in [9.17, 15) is 0 Å². The van der Waals surface area contributed by atoms with Gasteiger partial charge >= 0.3 is 0 Å². The zero-order valence-corrected chi connectivity index (χ0v) is 34.9.